The molecule has 0 saturated heterocycles. The van der Waals surface area contributed by atoms with Crippen molar-refractivity contribution in [2.45, 2.75) is 18.1 Å². The first-order chi connectivity index (χ1) is 8.09. The third-order valence-electron chi connectivity index (χ3n) is 2.91. The maximum Gasteiger partial charge on any atom is 0.318 e. The van der Waals surface area contributed by atoms with Gasteiger partial charge in [0.15, 0.2) is 0 Å². The van der Waals surface area contributed by atoms with Crippen LogP contribution in [-0.2, 0) is 15.6 Å². The number of carbonyl (C=O) groups is 1. The number of carboxylic acid groups (broad SMARTS) is 1. The predicted molar refractivity (Wildman–Crippen MR) is 64.8 cm³/mol. The Bertz CT molecular complexity index is 458. The van der Waals surface area contributed by atoms with Crippen molar-refractivity contribution in [3.63, 3.8) is 0 Å². The van der Waals surface area contributed by atoms with Crippen LogP contribution in [0.2, 0.25) is 0 Å². The van der Waals surface area contributed by atoms with Crippen LogP contribution in [0.4, 0.5) is 0 Å². The van der Waals surface area contributed by atoms with E-state index in [1.54, 1.807) is 0 Å². The fourth-order valence-electron chi connectivity index (χ4n) is 1.82. The molecule has 1 heterocycles. The van der Waals surface area contributed by atoms with Gasteiger partial charge < -0.3 is 9.84 Å². The highest BCUT2D eigenvalue weighted by atomic mass is 32.2. The highest BCUT2D eigenvalue weighted by Crippen LogP contribution is 2.34. The predicted octanol–water partition coefficient (Wildman–Crippen LogP) is 1.38. The van der Waals surface area contributed by atoms with E-state index in [4.69, 9.17) is 9.84 Å². The third-order valence-corrected chi connectivity index (χ3v) is 4.63. The number of para-hydroxylation sites is 1. The second-order valence-electron chi connectivity index (χ2n) is 4.07. The molecule has 4 nitrogen and oxygen atoms in total. The maximum atomic E-state index is 11.8. The van der Waals surface area contributed by atoms with Gasteiger partial charge in [-0.3, -0.25) is 9.00 Å². The van der Waals surface area contributed by atoms with Gasteiger partial charge in [-0.1, -0.05) is 18.2 Å². The summed E-state index contributed by atoms with van der Waals surface area (Å²) in [7, 11) is -1.37. The first kappa shape index (κ1) is 12.1. The average Bonchev–Trinajstić information content (AvgIpc) is 2.71. The molecule has 0 bridgehead atoms. The molecule has 0 spiro atoms. The monoisotopic (exact) mass is 254 g/mol. The average molecular weight is 254 g/mol. The molecular formula is C12H14O4S. The zero-order valence-corrected chi connectivity index (χ0v) is 10.3. The largest absolute Gasteiger partial charge is 0.493 e. The molecule has 3 atom stereocenters. The Morgan fingerprint density at radius 3 is 3.00 bits per heavy atom. The van der Waals surface area contributed by atoms with E-state index in [2.05, 4.69) is 0 Å². The van der Waals surface area contributed by atoms with Gasteiger partial charge in [-0.25, -0.2) is 0 Å². The number of hydrogen-bond acceptors (Lipinski definition) is 3. The molecule has 1 aromatic rings. The number of benzene rings is 1. The van der Waals surface area contributed by atoms with Gasteiger partial charge in [0.2, 0.25) is 0 Å². The van der Waals surface area contributed by atoms with E-state index >= 15 is 0 Å². The normalized spacial score (nSPS) is 21.4. The molecule has 0 aliphatic carbocycles. The van der Waals surface area contributed by atoms with Gasteiger partial charge in [-0.05, 0) is 13.0 Å². The number of rotatable bonds is 4. The van der Waals surface area contributed by atoms with Crippen LogP contribution in [0.5, 0.6) is 5.75 Å². The van der Waals surface area contributed by atoms with Gasteiger partial charge in [0.05, 0.1) is 6.61 Å². The van der Waals surface area contributed by atoms with Crippen LogP contribution in [0, 0.1) is 0 Å². The number of carboxylic acids is 1. The van der Waals surface area contributed by atoms with Gasteiger partial charge in [0, 0.05) is 28.0 Å². The lowest BCUT2D eigenvalue weighted by molar-refractivity contribution is -0.136. The zero-order valence-electron chi connectivity index (χ0n) is 9.46. The molecule has 2 rings (SSSR count). The summed E-state index contributed by atoms with van der Waals surface area (Å²) < 4.78 is 17.3. The first-order valence-corrected chi connectivity index (χ1v) is 6.79. The second-order valence-corrected chi connectivity index (χ2v) is 5.88. The highest BCUT2D eigenvalue weighted by molar-refractivity contribution is 7.86. The summed E-state index contributed by atoms with van der Waals surface area (Å²) in [5.74, 6) is 0.173. The summed E-state index contributed by atoms with van der Waals surface area (Å²) in [5, 5.41) is 7.97. The van der Waals surface area contributed by atoms with Crippen LogP contribution in [0.1, 0.15) is 18.4 Å². The molecule has 1 aliphatic heterocycles. The summed E-state index contributed by atoms with van der Waals surface area (Å²) in [6.07, 6.45) is 0. The van der Waals surface area contributed by atoms with E-state index < -0.39 is 22.0 Å². The molecule has 92 valence electrons. The maximum absolute atomic E-state index is 11.8. The highest BCUT2D eigenvalue weighted by Gasteiger charge is 2.28. The third kappa shape index (κ3) is 2.49. The fourth-order valence-corrected chi connectivity index (χ4v) is 3.01. The quantitative estimate of drug-likeness (QED) is 0.881. The Labute approximate surface area is 102 Å². The van der Waals surface area contributed by atoms with Crippen molar-refractivity contribution in [3.05, 3.63) is 29.8 Å². The minimum atomic E-state index is -1.37. The van der Waals surface area contributed by atoms with Crippen LogP contribution in [0.25, 0.3) is 0 Å². The summed E-state index contributed by atoms with van der Waals surface area (Å²) in [5.41, 5.74) is 1.03. The van der Waals surface area contributed by atoms with Crippen LogP contribution in [0.15, 0.2) is 24.3 Å². The summed E-state index contributed by atoms with van der Waals surface area (Å²) in [6, 6.07) is 7.61. The summed E-state index contributed by atoms with van der Waals surface area (Å²) in [4.78, 5) is 10.7. The minimum absolute atomic E-state index is 0.0360. The summed E-state index contributed by atoms with van der Waals surface area (Å²) in [6.45, 7) is 1.96. The lowest BCUT2D eigenvalue weighted by Gasteiger charge is -2.11. The SMILES string of the molecule is CC(C(=O)O)S(=O)CC1COc2ccccc21. The van der Waals surface area contributed by atoms with E-state index in [9.17, 15) is 9.00 Å². The lowest BCUT2D eigenvalue weighted by Crippen LogP contribution is -2.26. The molecule has 0 saturated carbocycles. The molecule has 1 N–H and O–H groups in total. The van der Waals surface area contributed by atoms with Crippen LogP contribution < -0.4 is 4.74 Å². The van der Waals surface area contributed by atoms with Crippen molar-refractivity contribution in [1.29, 1.82) is 0 Å². The Balaban J connectivity index is 2.07. The molecular weight excluding hydrogens is 240 g/mol. The first-order valence-electron chi connectivity index (χ1n) is 5.41. The van der Waals surface area contributed by atoms with Gasteiger partial charge in [-0.2, -0.15) is 0 Å². The number of fused-ring (bicyclic) bond motifs is 1. The van der Waals surface area contributed by atoms with E-state index in [1.807, 2.05) is 24.3 Å². The van der Waals surface area contributed by atoms with Gasteiger partial charge in [0.25, 0.3) is 0 Å². The van der Waals surface area contributed by atoms with E-state index in [0.29, 0.717) is 12.4 Å². The molecule has 1 aliphatic rings. The van der Waals surface area contributed by atoms with Crippen LogP contribution in [-0.4, -0.2) is 32.9 Å². The molecule has 0 amide bonds. The zero-order chi connectivity index (χ0) is 12.4. The van der Waals surface area contributed by atoms with Gasteiger partial charge in [-0.15, -0.1) is 0 Å². The number of ether oxygens (including phenoxy) is 1. The van der Waals surface area contributed by atoms with Crippen molar-refractivity contribution in [2.75, 3.05) is 12.4 Å². The molecule has 0 fully saturated rings. The molecule has 0 radical (unpaired) electrons. The van der Waals surface area contributed by atoms with Crippen molar-refractivity contribution in [3.8, 4) is 5.75 Å². The molecule has 1 aromatic carbocycles. The topological polar surface area (TPSA) is 63.6 Å². The van der Waals surface area contributed by atoms with E-state index in [1.165, 1.54) is 6.92 Å². The van der Waals surface area contributed by atoms with Crippen molar-refractivity contribution in [2.24, 2.45) is 0 Å². The van der Waals surface area contributed by atoms with E-state index in [-0.39, 0.29) is 5.92 Å². The van der Waals surface area contributed by atoms with Crippen LogP contribution >= 0.6 is 0 Å². The molecule has 5 heteroatoms. The molecule has 0 aromatic heterocycles. The lowest BCUT2D eigenvalue weighted by atomic mass is 10.0. The number of aliphatic carboxylic acids is 1. The van der Waals surface area contributed by atoms with Gasteiger partial charge in [0.1, 0.15) is 11.0 Å². The van der Waals surface area contributed by atoms with Crippen molar-refractivity contribution in [1.82, 2.24) is 0 Å². The van der Waals surface area contributed by atoms with Gasteiger partial charge >= 0.3 is 5.97 Å². The molecule has 3 unspecified atom stereocenters. The smallest absolute Gasteiger partial charge is 0.318 e. The number of hydrogen-bond donors (Lipinski definition) is 1. The Kier molecular flexibility index (Phi) is 3.47. The second kappa shape index (κ2) is 4.87. The Morgan fingerprint density at radius 2 is 2.29 bits per heavy atom. The van der Waals surface area contributed by atoms with E-state index in [0.717, 1.165) is 11.3 Å². The fraction of sp³-hybridized carbons (Fsp3) is 0.417. The van der Waals surface area contributed by atoms with Crippen molar-refractivity contribution < 1.29 is 18.8 Å². The standard InChI is InChI=1S/C12H14O4S/c1-8(12(13)14)17(15)7-9-6-16-11-5-3-2-4-10(9)11/h2-5,8-9H,6-7H2,1H3,(H,13,14). The van der Waals surface area contributed by atoms with Crippen molar-refractivity contribution >= 4 is 16.8 Å². The summed E-state index contributed by atoms with van der Waals surface area (Å²) >= 11 is 0. The minimum Gasteiger partial charge on any atom is -0.493 e. The Hall–Kier alpha value is -1.36. The Morgan fingerprint density at radius 1 is 1.59 bits per heavy atom. The van der Waals surface area contributed by atoms with Crippen LogP contribution in [0.3, 0.4) is 0 Å². The molecule has 17 heavy (non-hydrogen) atoms.